The first-order valence-electron chi connectivity index (χ1n) is 6.82. The van der Waals surface area contributed by atoms with Crippen molar-refractivity contribution in [1.82, 2.24) is 15.1 Å². The summed E-state index contributed by atoms with van der Waals surface area (Å²) < 4.78 is 41.7. The molecule has 0 saturated heterocycles. The lowest BCUT2D eigenvalue weighted by Gasteiger charge is -2.15. The second-order valence-corrected chi connectivity index (χ2v) is 5.08. The van der Waals surface area contributed by atoms with Gasteiger partial charge in [-0.2, -0.15) is 5.10 Å². The molecular formula is C15H16F3N3O2. The summed E-state index contributed by atoms with van der Waals surface area (Å²) in [6, 6.07) is 4.99. The van der Waals surface area contributed by atoms with Gasteiger partial charge in [0.05, 0.1) is 17.8 Å². The van der Waals surface area contributed by atoms with Crippen LogP contribution in [0.3, 0.4) is 0 Å². The van der Waals surface area contributed by atoms with E-state index in [4.69, 9.17) is 0 Å². The molecule has 0 aliphatic carbocycles. The monoisotopic (exact) mass is 327 g/mol. The molecule has 0 aliphatic heterocycles. The van der Waals surface area contributed by atoms with Gasteiger partial charge in [0.1, 0.15) is 5.75 Å². The van der Waals surface area contributed by atoms with Crippen molar-refractivity contribution in [3.8, 4) is 5.75 Å². The van der Waals surface area contributed by atoms with E-state index in [9.17, 15) is 18.0 Å². The molecule has 1 heterocycles. The molecule has 1 amide bonds. The second kappa shape index (κ2) is 6.31. The standard InChI is InChI=1S/C15H16F3N3O2/c1-9(20-14(22)13-8-19-21(3)10(13)2)11-4-6-12(7-5-11)23-15(16,17)18/h4-9H,1-3H3,(H,20,22). The van der Waals surface area contributed by atoms with E-state index in [0.29, 0.717) is 11.1 Å². The smallest absolute Gasteiger partial charge is 0.406 e. The Hall–Kier alpha value is -2.51. The summed E-state index contributed by atoms with van der Waals surface area (Å²) in [5, 5.41) is 6.77. The predicted molar refractivity (Wildman–Crippen MR) is 77.0 cm³/mol. The van der Waals surface area contributed by atoms with E-state index in [1.807, 2.05) is 0 Å². The number of aryl methyl sites for hydroxylation is 1. The van der Waals surface area contributed by atoms with Crippen LogP contribution in [0, 0.1) is 6.92 Å². The number of ether oxygens (including phenoxy) is 1. The third kappa shape index (κ3) is 4.24. The first-order valence-corrected chi connectivity index (χ1v) is 6.82. The van der Waals surface area contributed by atoms with Crippen LogP contribution in [0.2, 0.25) is 0 Å². The van der Waals surface area contributed by atoms with Crippen LogP contribution in [0.5, 0.6) is 5.75 Å². The van der Waals surface area contributed by atoms with Crippen LogP contribution in [-0.2, 0) is 7.05 Å². The molecule has 1 unspecified atom stereocenters. The Balaban J connectivity index is 2.04. The summed E-state index contributed by atoms with van der Waals surface area (Å²) in [4.78, 5) is 12.2. The average Bonchev–Trinajstić information content (AvgIpc) is 2.78. The van der Waals surface area contributed by atoms with E-state index in [1.165, 1.54) is 30.5 Å². The molecule has 1 atom stereocenters. The van der Waals surface area contributed by atoms with Crippen LogP contribution >= 0.6 is 0 Å². The van der Waals surface area contributed by atoms with Gasteiger partial charge in [-0.25, -0.2) is 0 Å². The molecule has 8 heteroatoms. The number of carbonyl (C=O) groups is 1. The molecule has 0 aliphatic rings. The number of aromatic nitrogens is 2. The third-order valence-electron chi connectivity index (χ3n) is 3.44. The Morgan fingerprint density at radius 1 is 1.30 bits per heavy atom. The zero-order chi connectivity index (χ0) is 17.2. The lowest BCUT2D eigenvalue weighted by molar-refractivity contribution is -0.274. The van der Waals surface area contributed by atoms with E-state index < -0.39 is 6.36 Å². The van der Waals surface area contributed by atoms with Gasteiger partial charge in [0.2, 0.25) is 0 Å². The predicted octanol–water partition coefficient (Wildman–Crippen LogP) is 3.12. The van der Waals surface area contributed by atoms with E-state index in [-0.39, 0.29) is 17.7 Å². The lowest BCUT2D eigenvalue weighted by Crippen LogP contribution is -2.27. The molecule has 0 spiro atoms. The zero-order valence-electron chi connectivity index (χ0n) is 12.8. The van der Waals surface area contributed by atoms with E-state index in [0.717, 1.165) is 5.69 Å². The van der Waals surface area contributed by atoms with E-state index in [1.54, 1.807) is 25.6 Å². The number of alkyl halides is 3. The molecule has 2 aromatic rings. The SMILES string of the molecule is Cc1c(C(=O)NC(C)c2ccc(OC(F)(F)F)cc2)cnn1C. The molecule has 0 fully saturated rings. The van der Waals surface area contributed by atoms with Crippen LogP contribution in [0.1, 0.15) is 34.6 Å². The number of nitrogens with one attached hydrogen (secondary N) is 1. The topological polar surface area (TPSA) is 56.1 Å². The highest BCUT2D eigenvalue weighted by molar-refractivity contribution is 5.95. The maximum atomic E-state index is 12.2. The van der Waals surface area contributed by atoms with Crippen molar-refractivity contribution < 1.29 is 22.7 Å². The first-order chi connectivity index (χ1) is 10.7. The van der Waals surface area contributed by atoms with Crippen LogP contribution in [0.4, 0.5) is 13.2 Å². The Bertz CT molecular complexity index is 693. The summed E-state index contributed by atoms with van der Waals surface area (Å²) >= 11 is 0. The van der Waals surface area contributed by atoms with Gasteiger partial charge in [0.15, 0.2) is 0 Å². The largest absolute Gasteiger partial charge is 0.573 e. The van der Waals surface area contributed by atoms with E-state index in [2.05, 4.69) is 15.2 Å². The van der Waals surface area contributed by atoms with Gasteiger partial charge in [0.25, 0.3) is 5.91 Å². The minimum Gasteiger partial charge on any atom is -0.406 e. The summed E-state index contributed by atoms with van der Waals surface area (Å²) in [6.07, 6.45) is -3.25. The van der Waals surface area contributed by atoms with Gasteiger partial charge in [-0.3, -0.25) is 9.48 Å². The average molecular weight is 327 g/mol. The highest BCUT2D eigenvalue weighted by atomic mass is 19.4. The minimum absolute atomic E-state index is 0.293. The van der Waals surface area contributed by atoms with Crippen molar-refractivity contribution in [1.29, 1.82) is 0 Å². The molecule has 1 aromatic carbocycles. The van der Waals surface area contributed by atoms with Crippen molar-refractivity contribution in [2.24, 2.45) is 7.05 Å². The molecular weight excluding hydrogens is 311 g/mol. The van der Waals surface area contributed by atoms with Crippen LogP contribution in [0.15, 0.2) is 30.5 Å². The van der Waals surface area contributed by atoms with Crippen molar-refractivity contribution in [3.63, 3.8) is 0 Å². The summed E-state index contributed by atoms with van der Waals surface area (Å²) in [6.45, 7) is 3.51. The van der Waals surface area contributed by atoms with Crippen molar-refractivity contribution in [3.05, 3.63) is 47.3 Å². The molecule has 0 saturated carbocycles. The quantitative estimate of drug-likeness (QED) is 0.939. The van der Waals surface area contributed by atoms with Gasteiger partial charge in [-0.15, -0.1) is 13.2 Å². The Morgan fingerprint density at radius 3 is 2.39 bits per heavy atom. The second-order valence-electron chi connectivity index (χ2n) is 5.08. The fourth-order valence-corrected chi connectivity index (χ4v) is 2.04. The molecule has 0 radical (unpaired) electrons. The number of nitrogens with zero attached hydrogens (tertiary/aromatic N) is 2. The van der Waals surface area contributed by atoms with Crippen LogP contribution < -0.4 is 10.1 Å². The highest BCUT2D eigenvalue weighted by Crippen LogP contribution is 2.24. The number of halogens is 3. The van der Waals surface area contributed by atoms with Crippen LogP contribution in [0.25, 0.3) is 0 Å². The molecule has 5 nitrogen and oxygen atoms in total. The number of rotatable bonds is 4. The fourth-order valence-electron chi connectivity index (χ4n) is 2.04. The number of hydrogen-bond acceptors (Lipinski definition) is 3. The van der Waals surface area contributed by atoms with Gasteiger partial charge in [0, 0.05) is 12.7 Å². The zero-order valence-corrected chi connectivity index (χ0v) is 12.8. The first kappa shape index (κ1) is 16.9. The Labute approximate surface area is 131 Å². The molecule has 23 heavy (non-hydrogen) atoms. The minimum atomic E-state index is -4.72. The van der Waals surface area contributed by atoms with Crippen molar-refractivity contribution >= 4 is 5.91 Å². The lowest BCUT2D eigenvalue weighted by atomic mass is 10.1. The molecule has 2 rings (SSSR count). The molecule has 1 aromatic heterocycles. The highest BCUT2D eigenvalue weighted by Gasteiger charge is 2.31. The maximum absolute atomic E-state index is 12.2. The summed E-state index contributed by atoms with van der Waals surface area (Å²) in [5.74, 6) is -0.596. The van der Waals surface area contributed by atoms with E-state index >= 15 is 0 Å². The molecule has 124 valence electrons. The number of carbonyl (C=O) groups excluding carboxylic acids is 1. The number of amides is 1. The van der Waals surface area contributed by atoms with Crippen molar-refractivity contribution in [2.75, 3.05) is 0 Å². The van der Waals surface area contributed by atoms with Gasteiger partial charge in [-0.1, -0.05) is 12.1 Å². The normalized spacial score (nSPS) is 12.8. The van der Waals surface area contributed by atoms with Crippen molar-refractivity contribution in [2.45, 2.75) is 26.3 Å². The third-order valence-corrected chi connectivity index (χ3v) is 3.44. The Kier molecular flexibility index (Phi) is 4.63. The van der Waals surface area contributed by atoms with Gasteiger partial charge in [-0.05, 0) is 31.5 Å². The fraction of sp³-hybridized carbons (Fsp3) is 0.333. The number of benzene rings is 1. The molecule has 1 N–H and O–H groups in total. The molecule has 0 bridgehead atoms. The van der Waals surface area contributed by atoms with Crippen LogP contribution in [-0.4, -0.2) is 22.1 Å². The van der Waals surface area contributed by atoms with Gasteiger partial charge >= 0.3 is 6.36 Å². The maximum Gasteiger partial charge on any atom is 0.573 e. The Morgan fingerprint density at radius 2 is 1.91 bits per heavy atom. The summed E-state index contributed by atoms with van der Waals surface area (Å²) in [7, 11) is 1.73. The van der Waals surface area contributed by atoms with Gasteiger partial charge < -0.3 is 10.1 Å². The summed E-state index contributed by atoms with van der Waals surface area (Å²) in [5.41, 5.74) is 1.84. The number of hydrogen-bond donors (Lipinski definition) is 1.